The van der Waals surface area contributed by atoms with Crippen LogP contribution in [0.25, 0.3) is 0 Å². The first-order chi connectivity index (χ1) is 10.5. The van der Waals surface area contributed by atoms with Gasteiger partial charge in [0.15, 0.2) is 0 Å². The predicted molar refractivity (Wildman–Crippen MR) is 76.9 cm³/mol. The molecule has 1 N–H and O–H groups in total. The fourth-order valence-corrected chi connectivity index (χ4v) is 1.69. The zero-order valence-electron chi connectivity index (χ0n) is 12.8. The van der Waals surface area contributed by atoms with Crippen LogP contribution in [-0.2, 0) is 23.8 Å². The van der Waals surface area contributed by atoms with E-state index in [1.165, 1.54) is 12.1 Å². The molecule has 0 aliphatic rings. The van der Waals surface area contributed by atoms with E-state index in [0.29, 0.717) is 0 Å². The van der Waals surface area contributed by atoms with Crippen LogP contribution in [-0.4, -0.2) is 43.9 Å². The third-order valence-electron chi connectivity index (χ3n) is 2.76. The Hall–Kier alpha value is -2.41. The molecular weight excluding hydrogens is 290 g/mol. The maximum atomic E-state index is 12.2. The molecule has 0 radical (unpaired) electrons. The number of benzene rings is 1. The van der Waals surface area contributed by atoms with Gasteiger partial charge in [-0.2, -0.15) is 0 Å². The van der Waals surface area contributed by atoms with E-state index in [2.05, 4.69) is 5.32 Å². The summed E-state index contributed by atoms with van der Waals surface area (Å²) in [6, 6.07) is 8.10. The average molecular weight is 309 g/mol. The number of nitrogens with one attached hydrogen (secondary N) is 1. The molecule has 0 saturated heterocycles. The lowest BCUT2D eigenvalue weighted by molar-refractivity contribution is -0.190. The van der Waals surface area contributed by atoms with Crippen LogP contribution >= 0.6 is 0 Å². The Kier molecular flexibility index (Phi) is 6.52. The fourth-order valence-electron chi connectivity index (χ4n) is 1.69. The third kappa shape index (κ3) is 3.82. The summed E-state index contributed by atoms with van der Waals surface area (Å²) in [6.07, 6.45) is 0. The van der Waals surface area contributed by atoms with E-state index in [0.717, 1.165) is 7.11 Å². The molecule has 0 heterocycles. The molecule has 120 valence electrons. The van der Waals surface area contributed by atoms with Gasteiger partial charge in [-0.1, -0.05) is 18.2 Å². The zero-order valence-corrected chi connectivity index (χ0v) is 12.8. The second-order valence-electron chi connectivity index (χ2n) is 4.15. The number of esters is 2. The highest BCUT2D eigenvalue weighted by atomic mass is 16.6. The third-order valence-corrected chi connectivity index (χ3v) is 2.76. The second kappa shape index (κ2) is 8.14. The van der Waals surface area contributed by atoms with Crippen molar-refractivity contribution in [3.05, 3.63) is 35.9 Å². The van der Waals surface area contributed by atoms with Crippen molar-refractivity contribution in [2.45, 2.75) is 19.6 Å². The van der Waals surface area contributed by atoms with Gasteiger partial charge in [-0.05, 0) is 26.0 Å². The molecule has 1 amide bonds. The molecule has 0 aliphatic heterocycles. The van der Waals surface area contributed by atoms with Gasteiger partial charge >= 0.3 is 17.7 Å². The van der Waals surface area contributed by atoms with Gasteiger partial charge in [0.2, 0.25) is 0 Å². The first kappa shape index (κ1) is 17.6. The highest BCUT2D eigenvalue weighted by Gasteiger charge is 2.51. The van der Waals surface area contributed by atoms with E-state index in [4.69, 9.17) is 14.2 Å². The number of hydrogen-bond acceptors (Lipinski definition) is 6. The van der Waals surface area contributed by atoms with Gasteiger partial charge in [-0.25, -0.2) is 9.59 Å². The molecule has 0 aromatic heterocycles. The number of ether oxygens (including phenoxy) is 3. The van der Waals surface area contributed by atoms with E-state index in [-0.39, 0.29) is 18.8 Å². The topological polar surface area (TPSA) is 90.9 Å². The molecule has 22 heavy (non-hydrogen) atoms. The molecule has 7 nitrogen and oxygen atoms in total. The number of rotatable bonds is 7. The molecule has 0 aliphatic carbocycles. The Morgan fingerprint density at radius 1 is 1.00 bits per heavy atom. The normalized spacial score (nSPS) is 10.7. The maximum Gasteiger partial charge on any atom is 0.372 e. The van der Waals surface area contributed by atoms with Gasteiger partial charge in [0.1, 0.15) is 0 Å². The molecular formula is C15H19NO6. The molecule has 1 rings (SSSR count). The fraction of sp³-hybridized carbons (Fsp3) is 0.400. The van der Waals surface area contributed by atoms with E-state index < -0.39 is 23.6 Å². The quantitative estimate of drug-likeness (QED) is 0.457. The van der Waals surface area contributed by atoms with Crippen molar-refractivity contribution in [1.29, 1.82) is 0 Å². The van der Waals surface area contributed by atoms with Gasteiger partial charge in [-0.3, -0.25) is 4.79 Å². The van der Waals surface area contributed by atoms with E-state index in [1.54, 1.807) is 32.0 Å². The molecule has 7 heteroatoms. The average Bonchev–Trinajstić information content (AvgIpc) is 2.53. The largest absolute Gasteiger partial charge is 0.462 e. The number of methoxy groups -OCH3 is 1. The Balaban J connectivity index is 3.11. The van der Waals surface area contributed by atoms with Crippen LogP contribution in [0.4, 0.5) is 0 Å². The Bertz CT molecular complexity index is 510. The minimum atomic E-state index is -2.33. The second-order valence-corrected chi connectivity index (χ2v) is 4.15. The van der Waals surface area contributed by atoms with Crippen LogP contribution in [0.1, 0.15) is 24.2 Å². The predicted octanol–water partition coefficient (Wildman–Crippen LogP) is 0.885. The van der Waals surface area contributed by atoms with Crippen LogP contribution in [0.5, 0.6) is 0 Å². The van der Waals surface area contributed by atoms with Crippen LogP contribution in [0, 0.1) is 0 Å². The minimum absolute atomic E-state index is 0.0184. The van der Waals surface area contributed by atoms with Crippen LogP contribution < -0.4 is 5.32 Å². The number of carbonyl (C=O) groups excluding carboxylic acids is 3. The van der Waals surface area contributed by atoms with Crippen molar-refractivity contribution in [2.24, 2.45) is 0 Å². The maximum absolute atomic E-state index is 12.2. The van der Waals surface area contributed by atoms with Crippen LogP contribution in [0.3, 0.4) is 0 Å². The zero-order chi connectivity index (χ0) is 16.6. The summed E-state index contributed by atoms with van der Waals surface area (Å²) >= 11 is 0. The Morgan fingerprint density at radius 2 is 1.50 bits per heavy atom. The van der Waals surface area contributed by atoms with E-state index >= 15 is 0 Å². The molecule has 1 aromatic carbocycles. The van der Waals surface area contributed by atoms with Crippen molar-refractivity contribution in [3.8, 4) is 0 Å². The lowest BCUT2D eigenvalue weighted by atomic mass is 10.1. The van der Waals surface area contributed by atoms with Crippen LogP contribution in [0.15, 0.2) is 30.3 Å². The highest BCUT2D eigenvalue weighted by Crippen LogP contribution is 2.14. The molecule has 0 bridgehead atoms. The smallest absolute Gasteiger partial charge is 0.372 e. The molecule has 0 fully saturated rings. The van der Waals surface area contributed by atoms with Gasteiger partial charge in [0.25, 0.3) is 5.91 Å². The first-order valence-corrected chi connectivity index (χ1v) is 6.79. The van der Waals surface area contributed by atoms with E-state index in [9.17, 15) is 14.4 Å². The summed E-state index contributed by atoms with van der Waals surface area (Å²) < 4.78 is 14.6. The first-order valence-electron chi connectivity index (χ1n) is 6.79. The van der Waals surface area contributed by atoms with Gasteiger partial charge in [-0.15, -0.1) is 0 Å². The van der Waals surface area contributed by atoms with Crippen LogP contribution in [0.2, 0.25) is 0 Å². The Morgan fingerprint density at radius 3 is 1.91 bits per heavy atom. The van der Waals surface area contributed by atoms with Gasteiger partial charge in [0.05, 0.1) is 13.2 Å². The number of amides is 1. The number of hydrogen-bond donors (Lipinski definition) is 1. The summed E-state index contributed by atoms with van der Waals surface area (Å²) in [7, 11) is 1.11. The van der Waals surface area contributed by atoms with Crippen molar-refractivity contribution < 1.29 is 28.6 Å². The molecule has 0 atom stereocenters. The molecule has 0 saturated carbocycles. The summed E-state index contributed by atoms with van der Waals surface area (Å²) in [4.78, 5) is 36.5. The summed E-state index contributed by atoms with van der Waals surface area (Å²) in [6.45, 7) is 3.18. The Labute approximate surface area is 128 Å². The monoisotopic (exact) mass is 309 g/mol. The van der Waals surface area contributed by atoms with Crippen molar-refractivity contribution >= 4 is 17.8 Å². The van der Waals surface area contributed by atoms with E-state index in [1.807, 2.05) is 0 Å². The van der Waals surface area contributed by atoms with Gasteiger partial charge in [0, 0.05) is 12.7 Å². The van der Waals surface area contributed by atoms with Gasteiger partial charge < -0.3 is 19.5 Å². The standard InChI is InChI=1S/C15H19NO6/c1-4-21-13(18)15(20-3,14(19)22-5-2)16-12(17)11-9-7-6-8-10-11/h6-10H,4-5H2,1-3H3,(H,16,17). The summed E-state index contributed by atoms with van der Waals surface area (Å²) in [5.74, 6) is -2.75. The number of carbonyl (C=O) groups is 3. The molecule has 0 spiro atoms. The highest BCUT2D eigenvalue weighted by molar-refractivity contribution is 6.08. The van der Waals surface area contributed by atoms with Crippen molar-refractivity contribution in [2.75, 3.05) is 20.3 Å². The van der Waals surface area contributed by atoms with Crippen molar-refractivity contribution in [1.82, 2.24) is 5.32 Å². The molecule has 0 unspecified atom stereocenters. The lowest BCUT2D eigenvalue weighted by Gasteiger charge is -2.28. The summed E-state index contributed by atoms with van der Waals surface area (Å²) in [5, 5.41) is 2.26. The summed E-state index contributed by atoms with van der Waals surface area (Å²) in [5.41, 5.74) is -2.07. The molecule has 1 aromatic rings. The lowest BCUT2D eigenvalue weighted by Crippen LogP contribution is -2.62. The minimum Gasteiger partial charge on any atom is -0.462 e. The SMILES string of the molecule is CCOC(=O)C(NC(=O)c1ccccc1)(OC)C(=O)OCC. The van der Waals surface area contributed by atoms with Crippen molar-refractivity contribution in [3.63, 3.8) is 0 Å².